The van der Waals surface area contributed by atoms with Crippen LogP contribution in [0.5, 0.6) is 34.5 Å². The molecule has 1 aliphatic heterocycles. The van der Waals surface area contributed by atoms with Crippen LogP contribution in [0, 0.1) is 11.8 Å². The van der Waals surface area contributed by atoms with Crippen molar-refractivity contribution in [3.8, 4) is 34.5 Å². The van der Waals surface area contributed by atoms with Crippen molar-refractivity contribution in [2.24, 2.45) is 11.8 Å². The molecule has 0 amide bonds. The number of phenols is 6. The van der Waals surface area contributed by atoms with Crippen LogP contribution in [0.25, 0.3) is 0 Å². The largest absolute Gasteiger partial charge is 0.508 e. The maximum Gasteiger partial charge on any atom is 0.173 e. The fourth-order valence-electron chi connectivity index (χ4n) is 5.02. The summed E-state index contributed by atoms with van der Waals surface area (Å²) in [7, 11) is 0. The van der Waals surface area contributed by atoms with E-state index in [-0.39, 0.29) is 34.1 Å². The van der Waals surface area contributed by atoms with Crippen LogP contribution >= 0.6 is 0 Å². The maximum absolute atomic E-state index is 14.1. The van der Waals surface area contributed by atoms with Crippen LogP contribution in [0.2, 0.25) is 0 Å². The molecule has 4 aromatic rings. The van der Waals surface area contributed by atoms with Gasteiger partial charge in [-0.05, 0) is 59.7 Å². The molecule has 4 atom stereocenters. The van der Waals surface area contributed by atoms with Crippen LogP contribution in [0.1, 0.15) is 44.1 Å². The van der Waals surface area contributed by atoms with E-state index in [2.05, 4.69) is 0 Å². The lowest BCUT2D eigenvalue weighted by Gasteiger charge is -2.23. The summed E-state index contributed by atoms with van der Waals surface area (Å²) in [5, 5.41) is 60.2. The topological polar surface area (TPSA) is 165 Å². The van der Waals surface area contributed by atoms with E-state index in [0.717, 1.165) is 12.1 Å². The van der Waals surface area contributed by atoms with E-state index in [1.54, 1.807) is 24.3 Å². The Kier molecular flexibility index (Phi) is 6.59. The molecular formula is C30H24O9. The predicted molar refractivity (Wildman–Crippen MR) is 138 cm³/mol. The van der Waals surface area contributed by atoms with E-state index in [1.807, 2.05) is 0 Å². The number of Topliss-reactive ketones (excluding diaryl/α,β-unsaturated/α-hetero) is 2. The van der Waals surface area contributed by atoms with E-state index in [9.17, 15) is 40.2 Å². The van der Waals surface area contributed by atoms with E-state index in [0.29, 0.717) is 11.1 Å². The molecule has 1 saturated heterocycles. The van der Waals surface area contributed by atoms with Gasteiger partial charge in [-0.25, -0.2) is 0 Å². The SMILES string of the molecule is O=C(c1ccc(O)cc1O)[C@@H]1[C@H](C(=O)c2ccc(O)cc2O)[C@@H](c2ccc(O)cc2)O[C@H]1c1ccc(O)cc1. The summed E-state index contributed by atoms with van der Waals surface area (Å²) in [5.41, 5.74) is 0.644. The molecule has 39 heavy (non-hydrogen) atoms. The fourth-order valence-corrected chi connectivity index (χ4v) is 5.02. The summed E-state index contributed by atoms with van der Waals surface area (Å²) in [4.78, 5) is 28.2. The van der Waals surface area contributed by atoms with Gasteiger partial charge in [0.15, 0.2) is 11.6 Å². The first-order valence-corrected chi connectivity index (χ1v) is 12.0. The van der Waals surface area contributed by atoms with Crippen molar-refractivity contribution in [1.29, 1.82) is 0 Å². The number of phenolic OH excluding ortho intramolecular Hbond substituents is 6. The lowest BCUT2D eigenvalue weighted by molar-refractivity contribution is 0.0266. The maximum atomic E-state index is 14.1. The van der Waals surface area contributed by atoms with Crippen LogP contribution < -0.4 is 0 Å². The van der Waals surface area contributed by atoms with Gasteiger partial charge in [0.05, 0.1) is 35.2 Å². The molecule has 198 valence electrons. The first-order chi connectivity index (χ1) is 18.6. The Morgan fingerprint density at radius 3 is 1.15 bits per heavy atom. The molecule has 0 aliphatic carbocycles. The van der Waals surface area contributed by atoms with Crippen molar-refractivity contribution in [3.05, 3.63) is 107 Å². The van der Waals surface area contributed by atoms with Crippen LogP contribution in [-0.4, -0.2) is 42.2 Å². The number of carbonyl (C=O) groups is 2. The Morgan fingerprint density at radius 2 is 0.821 bits per heavy atom. The summed E-state index contributed by atoms with van der Waals surface area (Å²) in [5.74, 6) is -5.30. The molecule has 0 bridgehead atoms. The number of carbonyl (C=O) groups excluding carboxylic acids is 2. The van der Waals surface area contributed by atoms with Gasteiger partial charge in [0.25, 0.3) is 0 Å². The summed E-state index contributed by atoms with van der Waals surface area (Å²) in [6.45, 7) is 0. The van der Waals surface area contributed by atoms with Crippen molar-refractivity contribution < 1.29 is 45.0 Å². The van der Waals surface area contributed by atoms with Gasteiger partial charge in [-0.15, -0.1) is 0 Å². The number of aromatic hydroxyl groups is 6. The van der Waals surface area contributed by atoms with Crippen LogP contribution in [-0.2, 0) is 4.74 Å². The normalized spacial score (nSPS) is 20.5. The van der Waals surface area contributed by atoms with Crippen LogP contribution in [0.15, 0.2) is 84.9 Å². The highest BCUT2D eigenvalue weighted by molar-refractivity contribution is 6.08. The molecule has 0 unspecified atom stereocenters. The van der Waals surface area contributed by atoms with Gasteiger partial charge in [-0.2, -0.15) is 0 Å². The third-order valence-corrected chi connectivity index (χ3v) is 6.87. The average Bonchev–Trinajstić information content (AvgIpc) is 3.29. The monoisotopic (exact) mass is 528 g/mol. The molecule has 1 aliphatic rings. The molecule has 9 nitrogen and oxygen atoms in total. The van der Waals surface area contributed by atoms with Crippen LogP contribution in [0.3, 0.4) is 0 Å². The first kappa shape index (κ1) is 25.6. The van der Waals surface area contributed by atoms with Crippen molar-refractivity contribution in [3.63, 3.8) is 0 Å². The van der Waals surface area contributed by atoms with Gasteiger partial charge in [0, 0.05) is 12.1 Å². The number of hydrogen-bond donors (Lipinski definition) is 6. The van der Waals surface area contributed by atoms with Gasteiger partial charge in [-0.3, -0.25) is 9.59 Å². The molecule has 4 aromatic carbocycles. The highest BCUT2D eigenvalue weighted by atomic mass is 16.5. The third kappa shape index (κ3) is 4.83. The van der Waals surface area contributed by atoms with Crippen molar-refractivity contribution >= 4 is 11.6 Å². The predicted octanol–water partition coefficient (Wildman–Crippen LogP) is 4.73. The third-order valence-electron chi connectivity index (χ3n) is 6.87. The standard InChI is InChI=1S/C30H24O9/c31-17-5-1-15(2-6-17)29-25(27(37)21-11-9-19(33)13-23(21)35)26(28(38)22-12-10-20(34)14-24(22)36)30(39-29)16-3-7-18(32)8-4-16/h1-14,25-26,29-36H/t25-,26+,29-,30+. The molecule has 0 saturated carbocycles. The number of rotatable bonds is 6. The fraction of sp³-hybridized carbons (Fsp3) is 0.133. The summed E-state index contributed by atoms with van der Waals surface area (Å²) >= 11 is 0. The lowest BCUT2D eigenvalue weighted by Crippen LogP contribution is -2.31. The van der Waals surface area contributed by atoms with Gasteiger partial charge in [0.2, 0.25) is 0 Å². The van der Waals surface area contributed by atoms with Crippen molar-refractivity contribution in [1.82, 2.24) is 0 Å². The summed E-state index contributed by atoms with van der Waals surface area (Å²) < 4.78 is 6.38. The number of benzene rings is 4. The zero-order chi connectivity index (χ0) is 27.8. The smallest absolute Gasteiger partial charge is 0.173 e. The highest BCUT2D eigenvalue weighted by Gasteiger charge is 2.53. The number of hydrogen-bond acceptors (Lipinski definition) is 9. The van der Waals surface area contributed by atoms with E-state index >= 15 is 0 Å². The minimum atomic E-state index is -1.23. The summed E-state index contributed by atoms with van der Waals surface area (Å²) in [6, 6.07) is 18.8. The molecule has 9 heteroatoms. The molecular weight excluding hydrogens is 504 g/mol. The highest BCUT2D eigenvalue weighted by Crippen LogP contribution is 2.53. The van der Waals surface area contributed by atoms with E-state index in [1.165, 1.54) is 48.5 Å². The molecule has 0 radical (unpaired) electrons. The molecule has 5 rings (SSSR count). The Balaban J connectivity index is 1.71. The Labute approximate surface area is 222 Å². The van der Waals surface area contributed by atoms with Crippen molar-refractivity contribution in [2.45, 2.75) is 12.2 Å². The van der Waals surface area contributed by atoms with Crippen molar-refractivity contribution in [2.75, 3.05) is 0 Å². The quantitative estimate of drug-likeness (QED) is 0.194. The Bertz CT molecular complexity index is 1430. The molecule has 0 aromatic heterocycles. The zero-order valence-corrected chi connectivity index (χ0v) is 20.3. The number of ether oxygens (including phenoxy) is 1. The minimum Gasteiger partial charge on any atom is -0.508 e. The molecule has 1 fully saturated rings. The van der Waals surface area contributed by atoms with E-state index in [4.69, 9.17) is 4.74 Å². The molecule has 6 N–H and O–H groups in total. The second-order valence-electron chi connectivity index (χ2n) is 9.34. The molecule has 1 heterocycles. The second kappa shape index (κ2) is 10.0. The van der Waals surface area contributed by atoms with Gasteiger partial charge < -0.3 is 35.4 Å². The average molecular weight is 529 g/mol. The zero-order valence-electron chi connectivity index (χ0n) is 20.3. The first-order valence-electron chi connectivity index (χ1n) is 12.0. The lowest BCUT2D eigenvalue weighted by atomic mass is 9.74. The minimum absolute atomic E-state index is 0.0208. The number of ketones is 2. The summed E-state index contributed by atoms with van der Waals surface area (Å²) in [6.07, 6.45) is -2.06. The Morgan fingerprint density at radius 1 is 0.487 bits per heavy atom. The van der Waals surface area contributed by atoms with Gasteiger partial charge in [0.1, 0.15) is 34.5 Å². The molecule has 0 spiro atoms. The Hall–Kier alpha value is -5.02. The second-order valence-corrected chi connectivity index (χ2v) is 9.34. The van der Waals surface area contributed by atoms with E-state index < -0.39 is 47.1 Å². The van der Waals surface area contributed by atoms with Crippen LogP contribution in [0.4, 0.5) is 0 Å². The van der Waals surface area contributed by atoms with Gasteiger partial charge >= 0.3 is 0 Å². The van der Waals surface area contributed by atoms with Gasteiger partial charge in [-0.1, -0.05) is 24.3 Å².